The van der Waals surface area contributed by atoms with E-state index in [-0.39, 0.29) is 5.91 Å². The van der Waals surface area contributed by atoms with E-state index in [1.54, 1.807) is 23.0 Å². The van der Waals surface area contributed by atoms with Gasteiger partial charge in [-0.1, -0.05) is 24.9 Å². The van der Waals surface area contributed by atoms with Gasteiger partial charge in [-0.05, 0) is 24.6 Å². The Labute approximate surface area is 123 Å². The lowest BCUT2D eigenvalue weighted by Gasteiger charge is -2.07. The molecule has 2 aromatic rings. The van der Waals surface area contributed by atoms with Crippen LogP contribution in [0.2, 0.25) is 5.15 Å². The second-order valence-corrected chi connectivity index (χ2v) is 4.83. The molecule has 0 bridgehead atoms. The summed E-state index contributed by atoms with van der Waals surface area (Å²) in [6, 6.07) is 5.23. The first-order chi connectivity index (χ1) is 9.69. The number of hydrogen-bond donors (Lipinski definition) is 1. The Balaban J connectivity index is 1.94. The normalized spacial score (nSPS) is 10.5. The zero-order valence-corrected chi connectivity index (χ0v) is 12.1. The molecule has 0 aliphatic heterocycles. The van der Waals surface area contributed by atoms with Crippen molar-refractivity contribution in [1.29, 1.82) is 0 Å². The Morgan fingerprint density at radius 1 is 1.45 bits per heavy atom. The van der Waals surface area contributed by atoms with Crippen LogP contribution >= 0.6 is 11.6 Å². The molecule has 2 rings (SSSR count). The molecule has 0 unspecified atom stereocenters. The first-order valence-electron chi connectivity index (χ1n) is 6.61. The summed E-state index contributed by atoms with van der Waals surface area (Å²) in [5, 5.41) is 7.28. The summed E-state index contributed by atoms with van der Waals surface area (Å²) < 4.78 is 1.77. The zero-order chi connectivity index (χ0) is 14.4. The Morgan fingerprint density at radius 2 is 2.30 bits per heavy atom. The molecule has 0 atom stereocenters. The Hall–Kier alpha value is -1.88. The number of nitrogens with zero attached hydrogens (tertiary/aromatic N) is 3. The minimum Gasteiger partial charge on any atom is -0.350 e. The Morgan fingerprint density at radius 3 is 3.00 bits per heavy atom. The summed E-state index contributed by atoms with van der Waals surface area (Å²) in [4.78, 5) is 16.3. The maximum atomic E-state index is 12.1. The van der Waals surface area contributed by atoms with E-state index in [2.05, 4.69) is 22.3 Å². The van der Waals surface area contributed by atoms with Crippen molar-refractivity contribution in [3.8, 4) is 0 Å². The topological polar surface area (TPSA) is 59.8 Å². The van der Waals surface area contributed by atoms with Crippen LogP contribution in [0, 0.1) is 0 Å². The summed E-state index contributed by atoms with van der Waals surface area (Å²) in [6.45, 7) is 3.22. The molecule has 106 valence electrons. The number of aromatic nitrogens is 3. The van der Waals surface area contributed by atoms with Gasteiger partial charge in [0.25, 0.3) is 5.91 Å². The van der Waals surface area contributed by atoms with Gasteiger partial charge in [0.15, 0.2) is 0 Å². The van der Waals surface area contributed by atoms with Crippen molar-refractivity contribution in [3.63, 3.8) is 0 Å². The van der Waals surface area contributed by atoms with E-state index in [0.29, 0.717) is 23.8 Å². The van der Waals surface area contributed by atoms with E-state index in [9.17, 15) is 4.79 Å². The molecular weight excluding hydrogens is 276 g/mol. The summed E-state index contributed by atoms with van der Waals surface area (Å²) in [6.07, 6.45) is 5.35. The van der Waals surface area contributed by atoms with Gasteiger partial charge in [0.1, 0.15) is 5.15 Å². The first-order valence-corrected chi connectivity index (χ1v) is 6.99. The lowest BCUT2D eigenvalue weighted by atomic mass is 10.1. The number of nitrogens with one attached hydrogen (secondary N) is 1. The van der Waals surface area contributed by atoms with Crippen molar-refractivity contribution in [3.05, 3.63) is 47.0 Å². The average molecular weight is 293 g/mol. The predicted molar refractivity (Wildman–Crippen MR) is 77.8 cm³/mol. The number of hydrogen-bond acceptors (Lipinski definition) is 3. The standard InChI is InChI=1S/C14H17ClN4O/c1-2-4-12-9-11(10-13(15)18-12)14(20)16-6-8-19-7-3-5-17-19/h3,5,7,9-10H,2,4,6,8H2,1H3,(H,16,20). The SMILES string of the molecule is CCCc1cc(C(=O)NCCn2cccn2)cc(Cl)n1. The van der Waals surface area contributed by atoms with Crippen LogP contribution in [-0.2, 0) is 13.0 Å². The summed E-state index contributed by atoms with van der Waals surface area (Å²) in [5.74, 6) is -0.140. The molecule has 0 aliphatic rings. The fourth-order valence-electron chi connectivity index (χ4n) is 1.89. The zero-order valence-electron chi connectivity index (χ0n) is 11.3. The van der Waals surface area contributed by atoms with E-state index < -0.39 is 0 Å². The fraction of sp³-hybridized carbons (Fsp3) is 0.357. The molecule has 0 spiro atoms. The van der Waals surface area contributed by atoms with Gasteiger partial charge in [-0.25, -0.2) is 4.98 Å². The highest BCUT2D eigenvalue weighted by atomic mass is 35.5. The third-order valence-electron chi connectivity index (χ3n) is 2.80. The van der Waals surface area contributed by atoms with E-state index >= 15 is 0 Å². The largest absolute Gasteiger partial charge is 0.350 e. The maximum Gasteiger partial charge on any atom is 0.251 e. The van der Waals surface area contributed by atoms with Gasteiger partial charge in [-0.2, -0.15) is 5.10 Å². The van der Waals surface area contributed by atoms with Gasteiger partial charge in [-0.15, -0.1) is 0 Å². The Kier molecular flexibility index (Phi) is 5.12. The quantitative estimate of drug-likeness (QED) is 0.831. The van der Waals surface area contributed by atoms with Crippen LogP contribution in [0.15, 0.2) is 30.6 Å². The van der Waals surface area contributed by atoms with Crippen molar-refractivity contribution >= 4 is 17.5 Å². The average Bonchev–Trinajstić information content (AvgIpc) is 2.91. The number of halogens is 1. The second-order valence-electron chi connectivity index (χ2n) is 4.44. The maximum absolute atomic E-state index is 12.1. The van der Waals surface area contributed by atoms with Crippen molar-refractivity contribution in [1.82, 2.24) is 20.1 Å². The Bertz CT molecular complexity index is 569. The molecule has 1 amide bonds. The number of aryl methyl sites for hydroxylation is 1. The van der Waals surface area contributed by atoms with E-state index in [1.807, 2.05) is 12.3 Å². The van der Waals surface area contributed by atoms with E-state index in [0.717, 1.165) is 18.5 Å². The molecule has 2 aromatic heterocycles. The van der Waals surface area contributed by atoms with Crippen LogP contribution in [0.4, 0.5) is 0 Å². The third kappa shape index (κ3) is 4.06. The highest BCUT2D eigenvalue weighted by Crippen LogP contribution is 2.12. The van der Waals surface area contributed by atoms with Gasteiger partial charge in [0, 0.05) is 30.2 Å². The van der Waals surface area contributed by atoms with Gasteiger partial charge in [0.05, 0.1) is 6.54 Å². The minimum absolute atomic E-state index is 0.140. The molecule has 1 N–H and O–H groups in total. The molecule has 0 radical (unpaired) electrons. The molecule has 0 fully saturated rings. The van der Waals surface area contributed by atoms with Gasteiger partial charge < -0.3 is 5.32 Å². The van der Waals surface area contributed by atoms with Crippen molar-refractivity contribution in [2.24, 2.45) is 0 Å². The number of carbonyl (C=O) groups excluding carboxylic acids is 1. The van der Waals surface area contributed by atoms with Crippen molar-refractivity contribution in [2.75, 3.05) is 6.54 Å². The van der Waals surface area contributed by atoms with Gasteiger partial charge in [-0.3, -0.25) is 9.48 Å². The smallest absolute Gasteiger partial charge is 0.251 e. The molecule has 0 saturated carbocycles. The molecule has 0 aliphatic carbocycles. The molecule has 0 saturated heterocycles. The number of carbonyl (C=O) groups is 1. The minimum atomic E-state index is -0.140. The first kappa shape index (κ1) is 14.5. The van der Waals surface area contributed by atoms with Crippen LogP contribution in [0.5, 0.6) is 0 Å². The number of amides is 1. The van der Waals surface area contributed by atoms with Crippen molar-refractivity contribution in [2.45, 2.75) is 26.3 Å². The molecule has 20 heavy (non-hydrogen) atoms. The molecular formula is C14H17ClN4O. The van der Waals surface area contributed by atoms with Crippen LogP contribution in [0.3, 0.4) is 0 Å². The highest BCUT2D eigenvalue weighted by molar-refractivity contribution is 6.29. The van der Waals surface area contributed by atoms with Crippen LogP contribution < -0.4 is 5.32 Å². The lowest BCUT2D eigenvalue weighted by molar-refractivity contribution is 0.0951. The monoisotopic (exact) mass is 292 g/mol. The summed E-state index contributed by atoms with van der Waals surface area (Å²) >= 11 is 5.94. The van der Waals surface area contributed by atoms with Crippen LogP contribution in [0.1, 0.15) is 29.4 Å². The van der Waals surface area contributed by atoms with Crippen LogP contribution in [-0.4, -0.2) is 27.2 Å². The van der Waals surface area contributed by atoms with Gasteiger partial charge in [0.2, 0.25) is 0 Å². The molecule has 0 aromatic carbocycles. The van der Waals surface area contributed by atoms with Crippen LogP contribution in [0.25, 0.3) is 0 Å². The summed E-state index contributed by atoms with van der Waals surface area (Å²) in [5.41, 5.74) is 1.39. The lowest BCUT2D eigenvalue weighted by Crippen LogP contribution is -2.27. The van der Waals surface area contributed by atoms with E-state index in [4.69, 9.17) is 11.6 Å². The van der Waals surface area contributed by atoms with Gasteiger partial charge >= 0.3 is 0 Å². The van der Waals surface area contributed by atoms with Crippen molar-refractivity contribution < 1.29 is 4.79 Å². The highest BCUT2D eigenvalue weighted by Gasteiger charge is 2.08. The number of pyridine rings is 1. The predicted octanol–water partition coefficient (Wildman–Crippen LogP) is 2.31. The molecule has 5 nitrogen and oxygen atoms in total. The summed E-state index contributed by atoms with van der Waals surface area (Å²) in [7, 11) is 0. The second kappa shape index (κ2) is 7.05. The molecule has 6 heteroatoms. The molecule has 2 heterocycles. The number of rotatable bonds is 6. The fourth-order valence-corrected chi connectivity index (χ4v) is 2.11. The van der Waals surface area contributed by atoms with E-state index in [1.165, 1.54) is 0 Å². The third-order valence-corrected chi connectivity index (χ3v) is 2.99.